The second kappa shape index (κ2) is 6.42. The number of hydrogen-bond acceptors (Lipinski definition) is 2. The van der Waals surface area contributed by atoms with E-state index in [-0.39, 0.29) is 11.8 Å². The van der Waals surface area contributed by atoms with Crippen molar-refractivity contribution in [2.24, 2.45) is 5.92 Å². The van der Waals surface area contributed by atoms with Crippen LogP contribution in [-0.4, -0.2) is 34.8 Å². The third kappa shape index (κ3) is 3.50. The van der Waals surface area contributed by atoms with E-state index in [4.69, 9.17) is 11.6 Å². The van der Waals surface area contributed by atoms with Crippen LogP contribution < -0.4 is 5.32 Å². The molecular weight excluding hydrogens is 264 g/mol. The summed E-state index contributed by atoms with van der Waals surface area (Å²) in [6.45, 7) is 8.14. The maximum Gasteiger partial charge on any atom is 0.248 e. The third-order valence-electron chi connectivity index (χ3n) is 3.60. The highest BCUT2D eigenvalue weighted by Crippen LogP contribution is 2.24. The Morgan fingerprint density at radius 3 is 2.58 bits per heavy atom. The molecule has 0 radical (unpaired) electrons. The van der Waals surface area contributed by atoms with Gasteiger partial charge in [-0.1, -0.05) is 38.4 Å². The second-order valence-corrected chi connectivity index (χ2v) is 5.89. The minimum Gasteiger partial charge on any atom is -0.340 e. The number of nitrogens with zero attached hydrogens (tertiary/aromatic N) is 1. The Hall–Kier alpha value is -1.03. The molecule has 1 saturated heterocycles. The van der Waals surface area contributed by atoms with E-state index < -0.39 is 11.6 Å². The lowest BCUT2D eigenvalue weighted by molar-refractivity contribution is -0.154. The zero-order chi connectivity index (χ0) is 14.6. The summed E-state index contributed by atoms with van der Waals surface area (Å²) in [6.07, 6.45) is 2.93. The van der Waals surface area contributed by atoms with Crippen molar-refractivity contribution >= 4 is 23.4 Å². The zero-order valence-corrected chi connectivity index (χ0v) is 12.8. The Morgan fingerprint density at radius 2 is 2.11 bits per heavy atom. The molecule has 0 aromatic heterocycles. The molecular formula is C14H23ClN2O2. The van der Waals surface area contributed by atoms with Crippen molar-refractivity contribution in [1.29, 1.82) is 0 Å². The first-order valence-electron chi connectivity index (χ1n) is 6.74. The fourth-order valence-corrected chi connectivity index (χ4v) is 2.37. The van der Waals surface area contributed by atoms with E-state index >= 15 is 0 Å². The van der Waals surface area contributed by atoms with Gasteiger partial charge in [0.15, 0.2) is 0 Å². The number of hydrogen-bond donors (Lipinski definition) is 1. The van der Waals surface area contributed by atoms with E-state index in [2.05, 4.69) is 5.32 Å². The standard InChI is InChI=1S/C14H23ClN2O2/c1-5-14(4)13(19)17(8-6-7-15)11(9-10(2)3)12(18)16-14/h6-7,10-11H,5,8-9H2,1-4H3,(H,16,18)/b7-6+. The predicted octanol–water partition coefficient (Wildman–Crippen LogP) is 2.28. The minimum absolute atomic E-state index is 0.0324. The van der Waals surface area contributed by atoms with Gasteiger partial charge in [0.25, 0.3) is 0 Å². The Kier molecular flexibility index (Phi) is 5.41. The van der Waals surface area contributed by atoms with Crippen molar-refractivity contribution < 1.29 is 9.59 Å². The first kappa shape index (κ1) is 16.0. The molecule has 5 heteroatoms. The van der Waals surface area contributed by atoms with Crippen LogP contribution in [0.5, 0.6) is 0 Å². The summed E-state index contributed by atoms with van der Waals surface area (Å²) >= 11 is 5.54. The number of halogens is 1. The van der Waals surface area contributed by atoms with Crippen molar-refractivity contribution in [2.75, 3.05) is 6.54 Å². The molecule has 0 aliphatic carbocycles. The zero-order valence-electron chi connectivity index (χ0n) is 12.1. The minimum atomic E-state index is -0.801. The van der Waals surface area contributed by atoms with E-state index in [0.29, 0.717) is 25.3 Å². The van der Waals surface area contributed by atoms with Gasteiger partial charge in [0.1, 0.15) is 11.6 Å². The van der Waals surface area contributed by atoms with Crippen LogP contribution >= 0.6 is 11.6 Å². The van der Waals surface area contributed by atoms with Crippen LogP contribution in [-0.2, 0) is 9.59 Å². The average Bonchev–Trinajstić information content (AvgIpc) is 2.35. The molecule has 0 spiro atoms. The average molecular weight is 287 g/mol. The molecule has 4 nitrogen and oxygen atoms in total. The van der Waals surface area contributed by atoms with Crippen LogP contribution in [0.3, 0.4) is 0 Å². The molecule has 1 aliphatic heterocycles. The highest BCUT2D eigenvalue weighted by molar-refractivity contribution is 6.25. The van der Waals surface area contributed by atoms with Gasteiger partial charge in [-0.15, -0.1) is 0 Å². The molecule has 2 amide bonds. The van der Waals surface area contributed by atoms with Crippen molar-refractivity contribution in [3.8, 4) is 0 Å². The first-order chi connectivity index (χ1) is 8.85. The van der Waals surface area contributed by atoms with E-state index in [1.165, 1.54) is 5.54 Å². The lowest BCUT2D eigenvalue weighted by Gasteiger charge is -2.44. The SMILES string of the molecule is CCC1(C)NC(=O)C(CC(C)C)N(C/C=C/Cl)C1=O. The highest BCUT2D eigenvalue weighted by atomic mass is 35.5. The Bertz CT molecular complexity index is 382. The summed E-state index contributed by atoms with van der Waals surface area (Å²) in [5.41, 5.74) is 0.584. The number of piperazine rings is 1. The summed E-state index contributed by atoms with van der Waals surface area (Å²) < 4.78 is 0. The lowest BCUT2D eigenvalue weighted by atomic mass is 9.89. The van der Waals surface area contributed by atoms with E-state index in [0.717, 1.165) is 0 Å². The largest absolute Gasteiger partial charge is 0.340 e. The van der Waals surface area contributed by atoms with Gasteiger partial charge in [0, 0.05) is 12.1 Å². The van der Waals surface area contributed by atoms with Gasteiger partial charge in [0.2, 0.25) is 11.8 Å². The molecule has 0 bridgehead atoms. The molecule has 1 heterocycles. The molecule has 0 aromatic rings. The third-order valence-corrected chi connectivity index (χ3v) is 3.78. The molecule has 1 aliphatic rings. The molecule has 108 valence electrons. The summed E-state index contributed by atoms with van der Waals surface area (Å²) in [7, 11) is 0. The van der Waals surface area contributed by atoms with Gasteiger partial charge in [0.05, 0.1) is 0 Å². The molecule has 2 atom stereocenters. The number of nitrogens with one attached hydrogen (secondary N) is 1. The number of carbonyl (C=O) groups is 2. The van der Waals surface area contributed by atoms with Gasteiger partial charge < -0.3 is 10.2 Å². The molecule has 0 saturated carbocycles. The van der Waals surface area contributed by atoms with Crippen LogP contribution in [0.25, 0.3) is 0 Å². The van der Waals surface area contributed by atoms with Crippen molar-refractivity contribution in [3.63, 3.8) is 0 Å². The van der Waals surface area contributed by atoms with Crippen molar-refractivity contribution in [2.45, 2.75) is 52.1 Å². The van der Waals surface area contributed by atoms with Crippen LogP contribution in [0.4, 0.5) is 0 Å². The van der Waals surface area contributed by atoms with Gasteiger partial charge in [-0.3, -0.25) is 9.59 Å². The molecule has 1 rings (SSSR count). The van der Waals surface area contributed by atoms with Crippen LogP contribution in [0.1, 0.15) is 40.5 Å². The van der Waals surface area contributed by atoms with Crippen LogP contribution in [0.2, 0.25) is 0 Å². The number of rotatable bonds is 5. The van der Waals surface area contributed by atoms with Gasteiger partial charge >= 0.3 is 0 Å². The first-order valence-corrected chi connectivity index (χ1v) is 7.17. The monoisotopic (exact) mass is 286 g/mol. The maximum atomic E-state index is 12.6. The fourth-order valence-electron chi connectivity index (χ4n) is 2.29. The summed E-state index contributed by atoms with van der Waals surface area (Å²) in [5, 5.41) is 2.87. The summed E-state index contributed by atoms with van der Waals surface area (Å²) in [5.74, 6) is 0.243. The van der Waals surface area contributed by atoms with Gasteiger partial charge in [-0.2, -0.15) is 0 Å². The smallest absolute Gasteiger partial charge is 0.248 e. The normalized spacial score (nSPS) is 28.3. The maximum absolute atomic E-state index is 12.6. The molecule has 0 aromatic carbocycles. The summed E-state index contributed by atoms with van der Waals surface area (Å²) in [4.78, 5) is 26.5. The molecule has 1 fully saturated rings. The molecule has 19 heavy (non-hydrogen) atoms. The molecule has 1 N–H and O–H groups in total. The van der Waals surface area contributed by atoms with Crippen LogP contribution in [0.15, 0.2) is 11.6 Å². The highest BCUT2D eigenvalue weighted by Gasteiger charge is 2.46. The van der Waals surface area contributed by atoms with E-state index in [1.807, 2.05) is 20.8 Å². The predicted molar refractivity (Wildman–Crippen MR) is 76.8 cm³/mol. The molecule has 2 unspecified atom stereocenters. The quantitative estimate of drug-likeness (QED) is 0.843. The fraction of sp³-hybridized carbons (Fsp3) is 0.714. The Morgan fingerprint density at radius 1 is 1.47 bits per heavy atom. The van der Waals surface area contributed by atoms with Gasteiger partial charge in [-0.05, 0) is 25.7 Å². The van der Waals surface area contributed by atoms with Crippen molar-refractivity contribution in [3.05, 3.63) is 11.6 Å². The van der Waals surface area contributed by atoms with Gasteiger partial charge in [-0.25, -0.2) is 0 Å². The topological polar surface area (TPSA) is 49.4 Å². The Balaban J connectivity index is 3.03. The van der Waals surface area contributed by atoms with Crippen molar-refractivity contribution in [1.82, 2.24) is 10.2 Å². The summed E-state index contributed by atoms with van der Waals surface area (Å²) in [6, 6.07) is -0.403. The van der Waals surface area contributed by atoms with Crippen LogP contribution in [0, 0.1) is 5.92 Å². The van der Waals surface area contributed by atoms with E-state index in [9.17, 15) is 9.59 Å². The van der Waals surface area contributed by atoms with E-state index in [1.54, 1.807) is 17.9 Å². The second-order valence-electron chi connectivity index (χ2n) is 5.64. The Labute approximate surface area is 120 Å². The number of amides is 2. The number of carbonyl (C=O) groups excluding carboxylic acids is 2. The lowest BCUT2D eigenvalue weighted by Crippen LogP contribution is -2.69.